The fourth-order valence-corrected chi connectivity index (χ4v) is 2.90. The predicted octanol–water partition coefficient (Wildman–Crippen LogP) is 2.37. The highest BCUT2D eigenvalue weighted by atomic mass is 32.1. The molecule has 0 saturated carbocycles. The molecule has 0 aliphatic heterocycles. The minimum Gasteiger partial charge on any atom is -0.356 e. The number of hydrogen-bond acceptors (Lipinski definition) is 7. The van der Waals surface area contributed by atoms with Gasteiger partial charge in [0.2, 0.25) is 6.35 Å². The van der Waals surface area contributed by atoms with Gasteiger partial charge in [0.05, 0.1) is 22.4 Å². The zero-order valence-electron chi connectivity index (χ0n) is 12.7. The van der Waals surface area contributed by atoms with Gasteiger partial charge >= 0.3 is 0 Å². The number of amidine groups is 1. The summed E-state index contributed by atoms with van der Waals surface area (Å²) in [6.07, 6.45) is 4.12. The second-order valence-corrected chi connectivity index (χ2v) is 6.05. The first-order chi connectivity index (χ1) is 11.0. The van der Waals surface area contributed by atoms with Crippen LogP contribution in [0.5, 0.6) is 0 Å². The number of thiazole rings is 1. The summed E-state index contributed by atoms with van der Waals surface area (Å²) in [6, 6.07) is 5.71. The van der Waals surface area contributed by atoms with Crippen LogP contribution in [0.4, 0.5) is 5.69 Å². The summed E-state index contributed by atoms with van der Waals surface area (Å²) in [5, 5.41) is 21.3. The van der Waals surface area contributed by atoms with Crippen molar-refractivity contribution in [3.8, 4) is 10.6 Å². The van der Waals surface area contributed by atoms with Crippen LogP contribution < -0.4 is 5.32 Å². The molecule has 0 radical (unpaired) electrons. The number of aliphatic hydroxyl groups excluding tert-OH is 1. The summed E-state index contributed by atoms with van der Waals surface area (Å²) < 4.78 is 0.912. The van der Waals surface area contributed by atoms with Crippen LogP contribution in [-0.4, -0.2) is 44.2 Å². The average molecular weight is 328 g/mol. The summed E-state index contributed by atoms with van der Waals surface area (Å²) in [5.41, 5.74) is 2.27. The molecule has 0 bridgehead atoms. The smallest absolute Gasteiger partial charge is 0.206 e. The molecule has 23 heavy (non-hydrogen) atoms. The summed E-state index contributed by atoms with van der Waals surface area (Å²) in [6.45, 7) is 1.61. The zero-order chi connectivity index (χ0) is 16.4. The molecule has 0 amide bonds. The zero-order valence-corrected chi connectivity index (χ0v) is 13.5. The third-order valence-electron chi connectivity index (χ3n) is 3.35. The van der Waals surface area contributed by atoms with E-state index in [0.717, 1.165) is 15.3 Å². The van der Waals surface area contributed by atoms with Crippen molar-refractivity contribution < 1.29 is 5.11 Å². The molecule has 0 fully saturated rings. The maximum Gasteiger partial charge on any atom is 0.206 e. The summed E-state index contributed by atoms with van der Waals surface area (Å²) in [5.74, 6) is 0.260. The summed E-state index contributed by atoms with van der Waals surface area (Å²) in [4.78, 5) is 14.3. The van der Waals surface area contributed by atoms with Crippen molar-refractivity contribution in [1.82, 2.24) is 19.9 Å². The number of nitrogens with one attached hydrogen (secondary N) is 2. The van der Waals surface area contributed by atoms with Crippen molar-refractivity contribution in [2.24, 2.45) is 0 Å². The maximum absolute atomic E-state index is 10.0. The normalized spacial score (nSPS) is 12.1. The highest BCUT2D eigenvalue weighted by molar-refractivity contribution is 7.21. The number of aromatic nitrogens is 3. The Morgan fingerprint density at radius 2 is 2.26 bits per heavy atom. The van der Waals surface area contributed by atoms with E-state index in [1.807, 2.05) is 18.2 Å². The Morgan fingerprint density at radius 1 is 1.43 bits per heavy atom. The van der Waals surface area contributed by atoms with Crippen LogP contribution in [0.2, 0.25) is 0 Å². The Balaban J connectivity index is 1.86. The van der Waals surface area contributed by atoms with Gasteiger partial charge < -0.3 is 15.3 Å². The van der Waals surface area contributed by atoms with Crippen molar-refractivity contribution in [3.05, 3.63) is 36.8 Å². The molecule has 1 unspecified atom stereocenters. The molecule has 3 rings (SSSR count). The lowest BCUT2D eigenvalue weighted by molar-refractivity contribution is 0.0952. The third kappa shape index (κ3) is 3.27. The average Bonchev–Trinajstić information content (AvgIpc) is 2.98. The first-order valence-electron chi connectivity index (χ1n) is 6.94. The molecular weight excluding hydrogens is 312 g/mol. The van der Waals surface area contributed by atoms with Gasteiger partial charge in [-0.25, -0.2) is 9.97 Å². The number of rotatable bonds is 4. The quantitative estimate of drug-likeness (QED) is 0.386. The van der Waals surface area contributed by atoms with Gasteiger partial charge in [-0.1, -0.05) is 0 Å². The molecule has 118 valence electrons. The van der Waals surface area contributed by atoms with Gasteiger partial charge in [-0.05, 0) is 25.1 Å². The SMILES string of the molecule is CC(=N)N(C)C(O)Nc1cnc2nc(-c3cccnc3)sc2c1. The molecule has 1 atom stereocenters. The van der Waals surface area contributed by atoms with E-state index >= 15 is 0 Å². The minimum absolute atomic E-state index is 0.260. The first-order valence-corrected chi connectivity index (χ1v) is 7.76. The molecule has 0 aromatic carbocycles. The molecule has 3 N–H and O–H groups in total. The molecule has 3 aromatic heterocycles. The summed E-state index contributed by atoms with van der Waals surface area (Å²) in [7, 11) is 1.64. The first kappa shape index (κ1) is 15.3. The van der Waals surface area contributed by atoms with Gasteiger partial charge in [0.1, 0.15) is 5.01 Å². The van der Waals surface area contributed by atoms with Gasteiger partial charge in [0.15, 0.2) is 5.65 Å². The Morgan fingerprint density at radius 3 is 2.96 bits per heavy atom. The standard InChI is InChI=1S/C15H16N6OS/c1-9(16)21(2)15(22)19-11-6-12-13(18-8-11)20-14(23-12)10-4-3-5-17-7-10/h3-8,15-16,19,22H,1-2H3. The van der Waals surface area contributed by atoms with E-state index in [-0.39, 0.29) is 5.84 Å². The largest absolute Gasteiger partial charge is 0.356 e. The number of hydrogen-bond donors (Lipinski definition) is 3. The predicted molar refractivity (Wildman–Crippen MR) is 91.4 cm³/mol. The number of nitrogens with zero attached hydrogens (tertiary/aromatic N) is 4. The monoisotopic (exact) mass is 328 g/mol. The van der Waals surface area contributed by atoms with Crippen LogP contribution in [0.1, 0.15) is 6.92 Å². The fourth-order valence-electron chi connectivity index (χ4n) is 1.94. The molecule has 0 aliphatic carbocycles. The fraction of sp³-hybridized carbons (Fsp3) is 0.200. The molecule has 0 spiro atoms. The number of fused-ring (bicyclic) bond motifs is 1. The van der Waals surface area contributed by atoms with Crippen molar-refractivity contribution in [2.45, 2.75) is 13.3 Å². The lowest BCUT2D eigenvalue weighted by Gasteiger charge is -2.25. The number of pyridine rings is 2. The Kier molecular flexibility index (Phi) is 4.18. The molecule has 8 heteroatoms. The Hall–Kier alpha value is -2.58. The van der Waals surface area contributed by atoms with Crippen molar-refractivity contribution >= 4 is 33.2 Å². The van der Waals surface area contributed by atoms with E-state index in [0.29, 0.717) is 11.3 Å². The number of aliphatic hydroxyl groups is 1. The molecule has 0 saturated heterocycles. The van der Waals surface area contributed by atoms with Gasteiger partial charge in [0, 0.05) is 25.0 Å². The van der Waals surface area contributed by atoms with E-state index in [1.165, 1.54) is 16.2 Å². The topological polar surface area (TPSA) is 98.0 Å². The summed E-state index contributed by atoms with van der Waals surface area (Å²) >= 11 is 1.52. The molecule has 3 aromatic rings. The van der Waals surface area contributed by atoms with E-state index in [1.54, 1.807) is 32.6 Å². The van der Waals surface area contributed by atoms with E-state index in [9.17, 15) is 5.11 Å². The van der Waals surface area contributed by atoms with Gasteiger partial charge in [0.25, 0.3) is 0 Å². The van der Waals surface area contributed by atoms with Crippen molar-refractivity contribution in [3.63, 3.8) is 0 Å². The highest BCUT2D eigenvalue weighted by Gasteiger charge is 2.13. The Labute approximate surface area is 137 Å². The molecule has 0 aliphatic rings. The van der Waals surface area contributed by atoms with Gasteiger partial charge in [-0.2, -0.15) is 0 Å². The third-order valence-corrected chi connectivity index (χ3v) is 4.39. The van der Waals surface area contributed by atoms with Crippen LogP contribution in [0.3, 0.4) is 0 Å². The second kappa shape index (κ2) is 6.27. The van der Waals surface area contributed by atoms with Gasteiger partial charge in [-0.15, -0.1) is 11.3 Å². The van der Waals surface area contributed by atoms with Crippen molar-refractivity contribution in [1.29, 1.82) is 5.41 Å². The lowest BCUT2D eigenvalue weighted by Crippen LogP contribution is -2.40. The van der Waals surface area contributed by atoms with Crippen LogP contribution in [0.15, 0.2) is 36.8 Å². The van der Waals surface area contributed by atoms with E-state index < -0.39 is 6.35 Å². The maximum atomic E-state index is 10.0. The van der Waals surface area contributed by atoms with Crippen LogP contribution in [0, 0.1) is 5.41 Å². The Bertz CT molecular complexity index is 834. The lowest BCUT2D eigenvalue weighted by atomic mass is 10.3. The number of anilines is 1. The van der Waals surface area contributed by atoms with Gasteiger partial charge in [-0.3, -0.25) is 10.4 Å². The minimum atomic E-state index is -0.988. The second-order valence-electron chi connectivity index (χ2n) is 5.02. The van der Waals surface area contributed by atoms with Crippen LogP contribution in [-0.2, 0) is 0 Å². The van der Waals surface area contributed by atoms with Crippen molar-refractivity contribution in [2.75, 3.05) is 12.4 Å². The molecule has 7 nitrogen and oxygen atoms in total. The molecular formula is C15H16N6OS. The van der Waals surface area contributed by atoms with E-state index in [2.05, 4.69) is 20.3 Å². The van der Waals surface area contributed by atoms with Crippen LogP contribution >= 0.6 is 11.3 Å². The van der Waals surface area contributed by atoms with Crippen LogP contribution in [0.25, 0.3) is 20.9 Å². The highest BCUT2D eigenvalue weighted by Crippen LogP contribution is 2.30. The van der Waals surface area contributed by atoms with E-state index in [4.69, 9.17) is 5.41 Å². The molecule has 3 heterocycles.